The van der Waals surface area contributed by atoms with Crippen LogP contribution in [0.1, 0.15) is 67.2 Å². The second-order valence-corrected chi connectivity index (χ2v) is 11.5. The van der Waals surface area contributed by atoms with Crippen molar-refractivity contribution in [2.45, 2.75) is 57.7 Å². The Morgan fingerprint density at radius 1 is 0.795 bits per heavy atom. The van der Waals surface area contributed by atoms with Crippen molar-refractivity contribution in [3.8, 4) is 5.75 Å². The first kappa shape index (κ1) is 33.4. The molecule has 44 heavy (non-hydrogen) atoms. The Labute approximate surface area is 265 Å². The third kappa shape index (κ3) is 10.3. The first-order chi connectivity index (χ1) is 21.3. The van der Waals surface area contributed by atoms with Crippen LogP contribution in [-0.2, 0) is 12.7 Å². The Balaban J connectivity index is 1.47. The van der Waals surface area contributed by atoms with Crippen molar-refractivity contribution in [1.82, 2.24) is 4.90 Å². The van der Waals surface area contributed by atoms with Crippen LogP contribution >= 0.6 is 11.6 Å². The normalized spacial score (nSPS) is 11.7. The van der Waals surface area contributed by atoms with Gasteiger partial charge in [0.2, 0.25) is 0 Å². The third-order valence-electron chi connectivity index (χ3n) is 7.70. The van der Waals surface area contributed by atoms with Crippen LogP contribution in [0.5, 0.6) is 5.75 Å². The largest absolute Gasteiger partial charge is 0.493 e. The quantitative estimate of drug-likeness (QED) is 0.119. The van der Waals surface area contributed by atoms with E-state index in [9.17, 15) is 13.2 Å². The van der Waals surface area contributed by atoms with Gasteiger partial charge in [0.15, 0.2) is 0 Å². The molecule has 0 saturated carbocycles. The first-order valence-electron chi connectivity index (χ1n) is 15.5. The lowest BCUT2D eigenvalue weighted by Crippen LogP contribution is -2.31. The fourth-order valence-electron chi connectivity index (χ4n) is 5.39. The molecule has 234 valence electrons. The summed E-state index contributed by atoms with van der Waals surface area (Å²) in [5.41, 5.74) is 2.98. The van der Waals surface area contributed by atoms with Crippen LogP contribution in [0.15, 0.2) is 103 Å². The van der Waals surface area contributed by atoms with Gasteiger partial charge in [-0.2, -0.15) is 13.2 Å². The molecule has 0 bridgehead atoms. The highest BCUT2D eigenvalue weighted by molar-refractivity contribution is 6.32. The molecule has 7 heteroatoms. The Kier molecular flexibility index (Phi) is 13.0. The van der Waals surface area contributed by atoms with E-state index in [4.69, 9.17) is 16.3 Å². The molecule has 0 aromatic heterocycles. The van der Waals surface area contributed by atoms with Crippen molar-refractivity contribution in [2.75, 3.05) is 31.6 Å². The fraction of sp³-hybridized carbons (Fsp3) is 0.351. The van der Waals surface area contributed by atoms with E-state index in [2.05, 4.69) is 41.4 Å². The predicted molar refractivity (Wildman–Crippen MR) is 176 cm³/mol. The van der Waals surface area contributed by atoms with Crippen molar-refractivity contribution in [1.29, 1.82) is 0 Å². The fourth-order valence-corrected chi connectivity index (χ4v) is 5.68. The maximum Gasteiger partial charge on any atom is 0.417 e. The van der Waals surface area contributed by atoms with Crippen LogP contribution in [-0.4, -0.2) is 31.1 Å². The molecule has 0 aliphatic carbocycles. The number of nitrogens with zero attached hydrogens (tertiary/aromatic N) is 1. The highest BCUT2D eigenvalue weighted by Crippen LogP contribution is 2.37. The Morgan fingerprint density at radius 3 is 2.14 bits per heavy atom. The van der Waals surface area contributed by atoms with E-state index < -0.39 is 11.7 Å². The maximum atomic E-state index is 13.7. The molecule has 0 heterocycles. The average molecular weight is 623 g/mol. The van der Waals surface area contributed by atoms with E-state index in [0.717, 1.165) is 41.6 Å². The number of anilines is 1. The lowest BCUT2D eigenvalue weighted by Gasteiger charge is -2.29. The summed E-state index contributed by atoms with van der Waals surface area (Å²) in [6, 6.07) is 32.6. The summed E-state index contributed by atoms with van der Waals surface area (Å²) in [6.45, 7) is 5.14. The van der Waals surface area contributed by atoms with Gasteiger partial charge in [0.1, 0.15) is 5.75 Å². The summed E-state index contributed by atoms with van der Waals surface area (Å²) in [4.78, 5) is 2.18. The lowest BCUT2D eigenvalue weighted by molar-refractivity contribution is -0.137. The van der Waals surface area contributed by atoms with E-state index in [1.54, 1.807) is 6.07 Å². The first-order valence-corrected chi connectivity index (χ1v) is 15.9. The van der Waals surface area contributed by atoms with Crippen LogP contribution in [0.25, 0.3) is 0 Å². The molecule has 0 amide bonds. The van der Waals surface area contributed by atoms with E-state index >= 15 is 0 Å². The number of benzene rings is 4. The minimum Gasteiger partial charge on any atom is -0.493 e. The molecule has 3 nitrogen and oxygen atoms in total. The smallest absolute Gasteiger partial charge is 0.417 e. The van der Waals surface area contributed by atoms with Crippen LogP contribution in [0.3, 0.4) is 0 Å². The molecule has 0 unspecified atom stereocenters. The molecule has 0 fully saturated rings. The Hall–Kier alpha value is -3.48. The van der Waals surface area contributed by atoms with Gasteiger partial charge in [0.05, 0.1) is 17.2 Å². The highest BCUT2D eigenvalue weighted by atomic mass is 35.5. The molecular formula is C37H42ClF3N2O. The standard InChI is InChI=1S/C37H42ClF3N2O/c1-2-3-4-11-23-42-32-20-13-21-33(26-32)44-25-14-24-43(27-31-19-12-22-35(36(31)38)37(39,40)41)28-34(29-15-7-5-8-16-29)30-17-9-6-10-18-30/h5-10,12-13,15-22,26,34,42H,2-4,11,14,23-25,27-28H2,1H3. The van der Waals surface area contributed by atoms with Gasteiger partial charge in [-0.1, -0.05) is 117 Å². The van der Waals surface area contributed by atoms with Crippen molar-refractivity contribution in [2.24, 2.45) is 0 Å². The summed E-state index contributed by atoms with van der Waals surface area (Å²) in [5, 5.41) is 3.23. The van der Waals surface area contributed by atoms with Gasteiger partial charge in [-0.15, -0.1) is 0 Å². The predicted octanol–water partition coefficient (Wildman–Crippen LogP) is 10.5. The van der Waals surface area contributed by atoms with Crippen LogP contribution in [0, 0.1) is 0 Å². The minimum absolute atomic E-state index is 0.0305. The van der Waals surface area contributed by atoms with E-state index in [-0.39, 0.29) is 17.5 Å². The third-order valence-corrected chi connectivity index (χ3v) is 8.15. The summed E-state index contributed by atoms with van der Waals surface area (Å²) < 4.78 is 47.1. The van der Waals surface area contributed by atoms with Gasteiger partial charge in [-0.25, -0.2) is 0 Å². The number of alkyl halides is 3. The van der Waals surface area contributed by atoms with Crippen LogP contribution < -0.4 is 10.1 Å². The van der Waals surface area contributed by atoms with Crippen molar-refractivity contribution < 1.29 is 17.9 Å². The maximum absolute atomic E-state index is 13.7. The van der Waals surface area contributed by atoms with Gasteiger partial charge < -0.3 is 10.1 Å². The summed E-state index contributed by atoms with van der Waals surface area (Å²) in [6.07, 6.45) is 1.00. The second-order valence-electron chi connectivity index (χ2n) is 11.1. The number of nitrogens with one attached hydrogen (secondary N) is 1. The Morgan fingerprint density at radius 2 is 1.48 bits per heavy atom. The summed E-state index contributed by atoms with van der Waals surface area (Å²) in [7, 11) is 0. The Bertz CT molecular complexity index is 1360. The van der Waals surface area contributed by atoms with Gasteiger partial charge in [-0.05, 0) is 47.7 Å². The molecule has 4 aromatic carbocycles. The van der Waals surface area contributed by atoms with Crippen LogP contribution in [0.4, 0.5) is 18.9 Å². The zero-order valence-electron chi connectivity index (χ0n) is 25.3. The van der Waals surface area contributed by atoms with Gasteiger partial charge in [0.25, 0.3) is 0 Å². The zero-order chi connectivity index (χ0) is 31.2. The number of hydrogen-bond donors (Lipinski definition) is 1. The molecule has 0 aliphatic heterocycles. The summed E-state index contributed by atoms with van der Waals surface area (Å²) >= 11 is 6.35. The highest BCUT2D eigenvalue weighted by Gasteiger charge is 2.34. The number of ether oxygens (including phenoxy) is 1. The molecule has 0 atom stereocenters. The molecule has 0 aliphatic rings. The molecule has 4 aromatic rings. The lowest BCUT2D eigenvalue weighted by atomic mass is 9.90. The molecule has 1 N–H and O–H groups in total. The van der Waals surface area contributed by atoms with E-state index in [1.807, 2.05) is 60.7 Å². The molecule has 0 radical (unpaired) electrons. The van der Waals surface area contributed by atoms with Crippen molar-refractivity contribution in [3.05, 3.63) is 130 Å². The van der Waals surface area contributed by atoms with Crippen LogP contribution in [0.2, 0.25) is 5.02 Å². The molecular weight excluding hydrogens is 581 g/mol. The molecule has 0 saturated heterocycles. The number of hydrogen-bond acceptors (Lipinski definition) is 3. The molecule has 4 rings (SSSR count). The second kappa shape index (κ2) is 17.1. The van der Waals surface area contributed by atoms with E-state index in [0.29, 0.717) is 31.7 Å². The molecule has 0 spiro atoms. The van der Waals surface area contributed by atoms with Gasteiger partial charge in [-0.3, -0.25) is 4.90 Å². The van der Waals surface area contributed by atoms with Crippen molar-refractivity contribution in [3.63, 3.8) is 0 Å². The van der Waals surface area contributed by atoms with Crippen molar-refractivity contribution >= 4 is 17.3 Å². The summed E-state index contributed by atoms with van der Waals surface area (Å²) in [5.74, 6) is 0.824. The zero-order valence-corrected chi connectivity index (χ0v) is 26.1. The average Bonchev–Trinajstić information content (AvgIpc) is 3.03. The number of rotatable bonds is 17. The topological polar surface area (TPSA) is 24.5 Å². The SMILES string of the molecule is CCCCCCNc1cccc(OCCCN(Cc2cccc(C(F)(F)F)c2Cl)CC(c2ccccc2)c2ccccc2)c1. The number of halogens is 4. The number of unbranched alkanes of at least 4 members (excludes halogenated alkanes) is 3. The van der Waals surface area contributed by atoms with Gasteiger partial charge in [0, 0.05) is 43.9 Å². The monoisotopic (exact) mass is 622 g/mol. The minimum atomic E-state index is -4.51. The van der Waals surface area contributed by atoms with Gasteiger partial charge >= 0.3 is 6.18 Å². The van der Waals surface area contributed by atoms with E-state index in [1.165, 1.54) is 25.3 Å².